The summed E-state index contributed by atoms with van der Waals surface area (Å²) in [5, 5.41) is 4.83. The molecule has 0 saturated carbocycles. The van der Waals surface area contributed by atoms with Gasteiger partial charge in [-0.3, -0.25) is 9.13 Å². The number of hydrogen-bond acceptors (Lipinski definition) is 4. The summed E-state index contributed by atoms with van der Waals surface area (Å²) in [5.74, 6) is 1.74. The number of pyridine rings is 4. The Balaban J connectivity index is 1.10. The van der Waals surface area contributed by atoms with Gasteiger partial charge in [0.2, 0.25) is 0 Å². The molecule has 0 unspecified atom stereocenters. The third-order valence-electron chi connectivity index (χ3n) is 11.3. The fourth-order valence-corrected chi connectivity index (χ4v) is 8.17. The summed E-state index contributed by atoms with van der Waals surface area (Å²) in [7, 11) is 0. The van der Waals surface area contributed by atoms with Crippen LogP contribution < -0.4 is 0 Å². The maximum absolute atomic E-state index is 5.34. The lowest BCUT2D eigenvalue weighted by atomic mass is 9.87. The van der Waals surface area contributed by atoms with Gasteiger partial charge in [-0.1, -0.05) is 126 Å². The molecule has 0 N–H and O–H groups in total. The van der Waals surface area contributed by atoms with E-state index in [9.17, 15) is 0 Å². The first-order valence-corrected chi connectivity index (χ1v) is 20.0. The van der Waals surface area contributed by atoms with Crippen LogP contribution in [0.15, 0.2) is 158 Å². The highest BCUT2D eigenvalue weighted by Gasteiger charge is 2.23. The summed E-state index contributed by atoms with van der Waals surface area (Å²) in [6.45, 7) is 13.5. The number of fused-ring (bicyclic) bond motifs is 6. The lowest BCUT2D eigenvalue weighted by molar-refractivity contribution is 0.589. The van der Waals surface area contributed by atoms with Gasteiger partial charge >= 0.3 is 0 Å². The van der Waals surface area contributed by atoms with Crippen molar-refractivity contribution in [2.75, 3.05) is 0 Å². The van der Waals surface area contributed by atoms with Crippen LogP contribution in [0.4, 0.5) is 0 Å². The monoisotopic (exact) mass is 752 g/mol. The predicted molar refractivity (Wildman–Crippen MR) is 240 cm³/mol. The molecule has 6 heterocycles. The summed E-state index contributed by atoms with van der Waals surface area (Å²) in [4.78, 5) is 21.2. The molecule has 0 radical (unpaired) electrons. The molecule has 10 aromatic rings. The molecule has 0 aliphatic rings. The fraction of sp³-hybridized carbons (Fsp3) is 0.154. The summed E-state index contributed by atoms with van der Waals surface area (Å²) in [6, 6.07) is 55.3. The molecule has 0 atom stereocenters. The second kappa shape index (κ2) is 13.3. The number of rotatable bonds is 5. The molecule has 0 spiro atoms. The first-order valence-electron chi connectivity index (χ1n) is 20.0. The highest BCUT2D eigenvalue weighted by atomic mass is 15.1. The van der Waals surface area contributed by atoms with E-state index >= 15 is 0 Å². The van der Waals surface area contributed by atoms with Crippen LogP contribution in [-0.2, 0) is 10.8 Å². The highest BCUT2D eigenvalue weighted by Crippen LogP contribution is 2.37. The van der Waals surface area contributed by atoms with E-state index in [4.69, 9.17) is 19.9 Å². The third kappa shape index (κ3) is 6.04. The molecule has 0 saturated heterocycles. The van der Waals surface area contributed by atoms with Crippen LogP contribution in [0.5, 0.6) is 0 Å². The van der Waals surface area contributed by atoms with Crippen LogP contribution in [0, 0.1) is 0 Å². The average Bonchev–Trinajstić information content (AvgIpc) is 3.76. The molecule has 6 aromatic heterocycles. The minimum absolute atomic E-state index is 0.120. The van der Waals surface area contributed by atoms with Gasteiger partial charge in [0.1, 0.15) is 11.6 Å². The Labute approximate surface area is 338 Å². The maximum atomic E-state index is 5.34. The van der Waals surface area contributed by atoms with E-state index in [0.717, 1.165) is 67.9 Å². The lowest BCUT2D eigenvalue weighted by Gasteiger charge is -2.22. The van der Waals surface area contributed by atoms with Gasteiger partial charge in [0, 0.05) is 21.5 Å². The minimum atomic E-state index is -0.120. The van der Waals surface area contributed by atoms with Gasteiger partial charge in [-0.05, 0) is 94.8 Å². The molecule has 6 heteroatoms. The number of aromatic nitrogens is 6. The van der Waals surface area contributed by atoms with Gasteiger partial charge in [0.15, 0.2) is 0 Å². The number of hydrogen-bond donors (Lipinski definition) is 0. The Hall–Kier alpha value is -6.92. The number of benzene rings is 4. The molecule has 0 aliphatic heterocycles. The molecular formula is C52H44N6. The molecular weight excluding hydrogens is 709 g/mol. The summed E-state index contributed by atoms with van der Waals surface area (Å²) in [5.41, 5.74) is 11.4. The molecule has 4 aromatic carbocycles. The van der Waals surface area contributed by atoms with Gasteiger partial charge in [-0.2, -0.15) is 0 Å². The first-order chi connectivity index (χ1) is 28.0. The third-order valence-corrected chi connectivity index (χ3v) is 11.3. The van der Waals surface area contributed by atoms with Crippen molar-refractivity contribution in [3.63, 3.8) is 0 Å². The normalized spacial score (nSPS) is 12.3. The van der Waals surface area contributed by atoms with Gasteiger partial charge in [0.25, 0.3) is 0 Å². The van der Waals surface area contributed by atoms with E-state index in [1.807, 2.05) is 24.3 Å². The summed E-state index contributed by atoms with van der Waals surface area (Å²) in [6.07, 6.45) is 0. The van der Waals surface area contributed by atoms with Crippen LogP contribution in [-0.4, -0.2) is 29.1 Å². The smallest absolute Gasteiger partial charge is 0.138 e. The van der Waals surface area contributed by atoms with Crippen molar-refractivity contribution in [3.8, 4) is 45.8 Å². The Kier molecular flexibility index (Phi) is 8.17. The molecule has 0 bridgehead atoms. The zero-order chi connectivity index (χ0) is 39.8. The zero-order valence-electron chi connectivity index (χ0n) is 33.7. The fourth-order valence-electron chi connectivity index (χ4n) is 8.17. The second-order valence-corrected chi connectivity index (χ2v) is 17.3. The average molecular weight is 753 g/mol. The standard InChI is InChI=1S/C52H44N6/c1-51(2,3)33-29-43(55-49(31-33)57-45-25-11-7-17-35(45)36-18-8-12-26-46(36)57)41-23-15-21-39(53-41)40-22-16-24-42(54-40)44-30-34(52(4,5)6)32-50(56-44)58-47-27-13-9-19-37(47)38-20-10-14-28-48(38)58/h7-32H,1-6H3. The Morgan fingerprint density at radius 1 is 0.310 bits per heavy atom. The molecule has 0 aliphatic carbocycles. The van der Waals surface area contributed by atoms with Crippen molar-refractivity contribution < 1.29 is 0 Å². The molecule has 282 valence electrons. The SMILES string of the molecule is CC(C)(C)c1cc(-c2cccc(-c3cccc(-c4cc(C(C)(C)C)cc(-n5c6ccccc6c6ccccc65)n4)n3)n2)nc(-n2c3ccccc3c3ccccc32)c1. The van der Waals surface area contributed by atoms with Crippen molar-refractivity contribution in [1.82, 2.24) is 29.1 Å². The van der Waals surface area contributed by atoms with Gasteiger partial charge < -0.3 is 0 Å². The topological polar surface area (TPSA) is 61.4 Å². The Bertz CT molecular complexity index is 2880. The lowest BCUT2D eigenvalue weighted by Crippen LogP contribution is -2.13. The highest BCUT2D eigenvalue weighted by molar-refractivity contribution is 6.10. The van der Waals surface area contributed by atoms with Gasteiger partial charge in [-0.15, -0.1) is 0 Å². The van der Waals surface area contributed by atoms with E-state index < -0.39 is 0 Å². The second-order valence-electron chi connectivity index (χ2n) is 17.3. The molecule has 10 rings (SSSR count). The molecule has 0 fully saturated rings. The maximum Gasteiger partial charge on any atom is 0.138 e. The van der Waals surface area contributed by atoms with E-state index in [1.165, 1.54) is 32.7 Å². The zero-order valence-corrected chi connectivity index (χ0v) is 33.7. The van der Waals surface area contributed by atoms with Crippen LogP contribution in [0.3, 0.4) is 0 Å². The molecule has 58 heavy (non-hydrogen) atoms. The molecule has 0 amide bonds. The van der Waals surface area contributed by atoms with Crippen molar-refractivity contribution >= 4 is 43.6 Å². The quantitative estimate of drug-likeness (QED) is 0.176. The van der Waals surface area contributed by atoms with Crippen LogP contribution in [0.2, 0.25) is 0 Å². The van der Waals surface area contributed by atoms with Crippen molar-refractivity contribution in [1.29, 1.82) is 0 Å². The molecule has 6 nitrogen and oxygen atoms in total. The Morgan fingerprint density at radius 3 is 0.914 bits per heavy atom. The number of nitrogens with zero attached hydrogens (tertiary/aromatic N) is 6. The van der Waals surface area contributed by atoms with Crippen LogP contribution >= 0.6 is 0 Å². The van der Waals surface area contributed by atoms with E-state index in [1.54, 1.807) is 0 Å². The van der Waals surface area contributed by atoms with Gasteiger partial charge in [-0.25, -0.2) is 19.9 Å². The van der Waals surface area contributed by atoms with Crippen LogP contribution in [0.1, 0.15) is 52.7 Å². The van der Waals surface area contributed by atoms with E-state index in [2.05, 4.69) is 184 Å². The first kappa shape index (κ1) is 35.5. The van der Waals surface area contributed by atoms with Gasteiger partial charge in [0.05, 0.1) is 56.2 Å². The van der Waals surface area contributed by atoms with E-state index in [-0.39, 0.29) is 10.8 Å². The van der Waals surface area contributed by atoms with E-state index in [0.29, 0.717) is 0 Å². The van der Waals surface area contributed by atoms with Crippen LogP contribution in [0.25, 0.3) is 89.4 Å². The predicted octanol–water partition coefficient (Wildman–Crippen LogP) is 13.1. The van der Waals surface area contributed by atoms with Crippen molar-refractivity contribution in [3.05, 3.63) is 169 Å². The Morgan fingerprint density at radius 2 is 0.603 bits per heavy atom. The summed E-state index contributed by atoms with van der Waals surface area (Å²) >= 11 is 0. The minimum Gasteiger partial charge on any atom is -0.294 e. The number of para-hydroxylation sites is 4. The van der Waals surface area contributed by atoms with Crippen molar-refractivity contribution in [2.45, 2.75) is 52.4 Å². The largest absolute Gasteiger partial charge is 0.294 e. The summed E-state index contributed by atoms with van der Waals surface area (Å²) < 4.78 is 4.56. The van der Waals surface area contributed by atoms with Crippen molar-refractivity contribution in [2.24, 2.45) is 0 Å².